The van der Waals surface area contributed by atoms with Gasteiger partial charge in [-0.25, -0.2) is 0 Å². The summed E-state index contributed by atoms with van der Waals surface area (Å²) < 4.78 is 11.0. The van der Waals surface area contributed by atoms with Crippen LogP contribution in [0.15, 0.2) is 24.3 Å². The Hall–Kier alpha value is -0.950. The summed E-state index contributed by atoms with van der Waals surface area (Å²) in [5, 5.41) is 3.65. The summed E-state index contributed by atoms with van der Waals surface area (Å²) in [5.41, 5.74) is 0.0557. The number of carbonyl (C=O) groups is 1. The van der Waals surface area contributed by atoms with Gasteiger partial charge in [-0.1, -0.05) is 17.7 Å². The van der Waals surface area contributed by atoms with Crippen LogP contribution in [-0.2, 0) is 9.53 Å². The minimum atomic E-state index is -0.0977. The molecule has 2 aliphatic rings. The largest absolute Gasteiger partial charge is 0.484 e. The first-order valence-corrected chi connectivity index (χ1v) is 9.77. The van der Waals surface area contributed by atoms with Gasteiger partial charge < -0.3 is 14.8 Å². The van der Waals surface area contributed by atoms with Crippen LogP contribution in [-0.4, -0.2) is 67.3 Å². The van der Waals surface area contributed by atoms with Gasteiger partial charge in [0.25, 0.3) is 5.91 Å². The zero-order valence-corrected chi connectivity index (χ0v) is 15.2. The van der Waals surface area contributed by atoms with Crippen molar-refractivity contribution in [3.05, 3.63) is 29.3 Å². The van der Waals surface area contributed by atoms with E-state index < -0.39 is 0 Å². The molecule has 1 aromatic rings. The van der Waals surface area contributed by atoms with E-state index in [1.165, 1.54) is 0 Å². The number of amides is 1. The molecule has 132 valence electrons. The average Bonchev–Trinajstić information content (AvgIpc) is 3.09. The Morgan fingerprint density at radius 1 is 1.42 bits per heavy atom. The number of ether oxygens (including phenoxy) is 2. The number of nitrogens with one attached hydrogen (secondary N) is 1. The molecule has 7 heteroatoms. The van der Waals surface area contributed by atoms with E-state index in [2.05, 4.69) is 10.2 Å². The molecule has 5 nitrogen and oxygen atoms in total. The number of morpholine rings is 1. The SMILES string of the molecule is O=C(COc1cccc(Cl)c1)NCC1(N2CCOCC2)CCSC1. The Morgan fingerprint density at radius 2 is 2.25 bits per heavy atom. The topological polar surface area (TPSA) is 50.8 Å². The number of halogens is 1. The van der Waals surface area contributed by atoms with Crippen LogP contribution in [0.3, 0.4) is 0 Å². The highest BCUT2D eigenvalue weighted by Crippen LogP contribution is 2.33. The second-order valence-corrected chi connectivity index (χ2v) is 7.69. The van der Waals surface area contributed by atoms with Crippen molar-refractivity contribution >= 4 is 29.3 Å². The van der Waals surface area contributed by atoms with Gasteiger partial charge in [-0.05, 0) is 30.4 Å². The van der Waals surface area contributed by atoms with E-state index in [0.29, 0.717) is 17.3 Å². The minimum Gasteiger partial charge on any atom is -0.484 e. The summed E-state index contributed by atoms with van der Waals surface area (Å²) in [5.74, 6) is 2.71. The van der Waals surface area contributed by atoms with Crippen LogP contribution in [0.4, 0.5) is 0 Å². The first-order chi connectivity index (χ1) is 11.7. The van der Waals surface area contributed by atoms with E-state index in [9.17, 15) is 4.79 Å². The molecule has 1 N–H and O–H groups in total. The highest BCUT2D eigenvalue weighted by Gasteiger charge is 2.40. The maximum absolute atomic E-state index is 12.2. The van der Waals surface area contributed by atoms with Gasteiger partial charge in [0.05, 0.1) is 13.2 Å². The molecule has 0 saturated carbocycles. The lowest BCUT2D eigenvalue weighted by molar-refractivity contribution is -0.123. The van der Waals surface area contributed by atoms with E-state index in [4.69, 9.17) is 21.1 Å². The third-order valence-corrected chi connectivity index (χ3v) is 6.01. The number of rotatable bonds is 6. The van der Waals surface area contributed by atoms with Crippen LogP contribution in [0.25, 0.3) is 0 Å². The summed E-state index contributed by atoms with van der Waals surface area (Å²) in [7, 11) is 0. The maximum Gasteiger partial charge on any atom is 0.258 e. The van der Waals surface area contributed by atoms with E-state index in [1.54, 1.807) is 24.3 Å². The highest BCUT2D eigenvalue weighted by molar-refractivity contribution is 7.99. The highest BCUT2D eigenvalue weighted by atomic mass is 35.5. The molecular weight excluding hydrogens is 348 g/mol. The molecule has 2 saturated heterocycles. The summed E-state index contributed by atoms with van der Waals surface area (Å²) in [6, 6.07) is 7.08. The Morgan fingerprint density at radius 3 is 2.96 bits per heavy atom. The standard InChI is InChI=1S/C17H23ClN2O3S/c18-14-2-1-3-15(10-14)23-11-16(21)19-12-17(4-9-24-13-17)20-5-7-22-8-6-20/h1-3,10H,4-9,11-13H2,(H,19,21). The van der Waals surface area contributed by atoms with Gasteiger partial charge in [0.15, 0.2) is 6.61 Å². The van der Waals surface area contributed by atoms with Crippen molar-refractivity contribution in [3.63, 3.8) is 0 Å². The number of nitrogens with zero attached hydrogens (tertiary/aromatic N) is 1. The van der Waals surface area contributed by atoms with Crippen molar-refractivity contribution in [2.45, 2.75) is 12.0 Å². The molecule has 1 aromatic carbocycles. The number of hydrogen-bond donors (Lipinski definition) is 1. The van der Waals surface area contributed by atoms with Crippen LogP contribution in [0.1, 0.15) is 6.42 Å². The minimum absolute atomic E-state index is 0.00662. The summed E-state index contributed by atoms with van der Waals surface area (Å²) in [6.45, 7) is 4.10. The Kier molecular flexibility index (Phi) is 6.27. The number of hydrogen-bond acceptors (Lipinski definition) is 5. The monoisotopic (exact) mass is 370 g/mol. The lowest BCUT2D eigenvalue weighted by atomic mass is 9.95. The van der Waals surface area contributed by atoms with Gasteiger partial charge >= 0.3 is 0 Å². The molecule has 0 aromatic heterocycles. The van der Waals surface area contributed by atoms with E-state index in [-0.39, 0.29) is 18.1 Å². The van der Waals surface area contributed by atoms with Crippen molar-refractivity contribution in [1.29, 1.82) is 0 Å². The average molecular weight is 371 g/mol. The molecule has 2 fully saturated rings. The Labute approximate surface area is 152 Å². The Balaban J connectivity index is 1.50. The van der Waals surface area contributed by atoms with Gasteiger partial charge in [0.1, 0.15) is 5.75 Å². The maximum atomic E-state index is 12.2. The van der Waals surface area contributed by atoms with Crippen LogP contribution in [0.5, 0.6) is 5.75 Å². The smallest absolute Gasteiger partial charge is 0.258 e. The fraction of sp³-hybridized carbons (Fsp3) is 0.588. The van der Waals surface area contributed by atoms with Crippen molar-refractivity contribution in [2.24, 2.45) is 0 Å². The third kappa shape index (κ3) is 4.57. The van der Waals surface area contributed by atoms with Crippen molar-refractivity contribution in [2.75, 3.05) is 51.0 Å². The molecule has 24 heavy (non-hydrogen) atoms. The van der Waals surface area contributed by atoms with Crippen molar-refractivity contribution < 1.29 is 14.3 Å². The van der Waals surface area contributed by atoms with Gasteiger partial charge in [-0.2, -0.15) is 11.8 Å². The number of benzene rings is 1. The molecule has 3 rings (SSSR count). The first kappa shape index (κ1) is 17.9. The molecule has 2 heterocycles. The zero-order valence-electron chi connectivity index (χ0n) is 13.6. The van der Waals surface area contributed by atoms with E-state index >= 15 is 0 Å². The lowest BCUT2D eigenvalue weighted by Crippen LogP contribution is -2.59. The summed E-state index contributed by atoms with van der Waals surface area (Å²) in [4.78, 5) is 14.6. The molecule has 0 spiro atoms. The fourth-order valence-corrected chi connectivity index (χ4v) is 4.81. The third-order valence-electron chi connectivity index (χ3n) is 4.55. The number of thioether (sulfide) groups is 1. The molecule has 2 aliphatic heterocycles. The molecule has 0 aliphatic carbocycles. The van der Waals surface area contributed by atoms with Crippen LogP contribution >= 0.6 is 23.4 Å². The second-order valence-electron chi connectivity index (χ2n) is 6.15. The second kappa shape index (κ2) is 8.43. The predicted octanol–water partition coefficient (Wildman–Crippen LogP) is 2.04. The lowest BCUT2D eigenvalue weighted by Gasteiger charge is -2.43. The van der Waals surface area contributed by atoms with Gasteiger partial charge in [-0.15, -0.1) is 0 Å². The van der Waals surface area contributed by atoms with Gasteiger partial charge in [0.2, 0.25) is 0 Å². The van der Waals surface area contributed by atoms with E-state index in [0.717, 1.165) is 44.2 Å². The zero-order chi connectivity index (χ0) is 16.8. The van der Waals surface area contributed by atoms with Crippen LogP contribution in [0.2, 0.25) is 5.02 Å². The number of carbonyl (C=O) groups excluding carboxylic acids is 1. The summed E-state index contributed by atoms with van der Waals surface area (Å²) in [6.07, 6.45) is 1.10. The molecule has 1 unspecified atom stereocenters. The van der Waals surface area contributed by atoms with Crippen molar-refractivity contribution in [3.8, 4) is 5.75 Å². The molecule has 1 atom stereocenters. The quantitative estimate of drug-likeness (QED) is 0.830. The molecule has 0 radical (unpaired) electrons. The van der Waals surface area contributed by atoms with Crippen molar-refractivity contribution in [1.82, 2.24) is 10.2 Å². The normalized spacial score (nSPS) is 24.7. The predicted molar refractivity (Wildman–Crippen MR) is 97.0 cm³/mol. The molecular formula is C17H23ClN2O3S. The molecule has 1 amide bonds. The first-order valence-electron chi connectivity index (χ1n) is 8.24. The van der Waals surface area contributed by atoms with Gasteiger partial charge in [0, 0.05) is 35.9 Å². The fourth-order valence-electron chi connectivity index (χ4n) is 3.15. The summed E-state index contributed by atoms with van der Waals surface area (Å²) >= 11 is 7.87. The van der Waals surface area contributed by atoms with E-state index in [1.807, 2.05) is 11.8 Å². The molecule has 0 bridgehead atoms. The van der Waals surface area contributed by atoms with Gasteiger partial charge in [-0.3, -0.25) is 9.69 Å². The van der Waals surface area contributed by atoms with Crippen LogP contribution < -0.4 is 10.1 Å². The van der Waals surface area contributed by atoms with Crippen LogP contribution in [0, 0.1) is 0 Å². The Bertz CT molecular complexity index is 561.